The summed E-state index contributed by atoms with van der Waals surface area (Å²) in [6.07, 6.45) is 0. The Hall–Kier alpha value is -0.400. The van der Waals surface area contributed by atoms with Gasteiger partial charge in [0, 0.05) is 22.1 Å². The molecule has 2 rings (SSSR count). The van der Waals surface area contributed by atoms with Gasteiger partial charge in [-0.25, -0.2) is 8.42 Å². The van der Waals surface area contributed by atoms with E-state index in [1.807, 2.05) is 29.6 Å². The Morgan fingerprint density at radius 3 is 2.65 bits per heavy atom. The van der Waals surface area contributed by atoms with Crippen molar-refractivity contribution in [2.75, 3.05) is 18.1 Å². The summed E-state index contributed by atoms with van der Waals surface area (Å²) in [5.74, 6) is 0.341. The van der Waals surface area contributed by atoms with E-state index in [1.165, 1.54) is 11.3 Å². The van der Waals surface area contributed by atoms with Crippen LogP contribution in [0.2, 0.25) is 4.34 Å². The molecule has 7 heteroatoms. The quantitative estimate of drug-likeness (QED) is 0.831. The number of rotatable bonds is 7. The average molecular weight is 350 g/mol. The second-order valence-corrected chi connectivity index (χ2v) is 9.48. The molecule has 110 valence electrons. The first-order valence-corrected chi connectivity index (χ1v) is 10.1. The fourth-order valence-corrected chi connectivity index (χ4v) is 4.55. The van der Waals surface area contributed by atoms with E-state index in [4.69, 9.17) is 11.6 Å². The summed E-state index contributed by atoms with van der Waals surface area (Å²) < 4.78 is 23.8. The highest BCUT2D eigenvalue weighted by Gasteiger charge is 2.17. The molecule has 0 spiro atoms. The highest BCUT2D eigenvalue weighted by molar-refractivity contribution is 7.91. The van der Waals surface area contributed by atoms with Crippen LogP contribution in [-0.4, -0.2) is 26.5 Å². The van der Waals surface area contributed by atoms with E-state index in [0.717, 1.165) is 14.1 Å². The van der Waals surface area contributed by atoms with Gasteiger partial charge in [0.15, 0.2) is 9.84 Å². The molecule has 0 aromatic carbocycles. The lowest BCUT2D eigenvalue weighted by molar-refractivity contribution is 0.586. The molecule has 0 bridgehead atoms. The Morgan fingerprint density at radius 2 is 2.10 bits per heavy atom. The van der Waals surface area contributed by atoms with Gasteiger partial charge in [-0.3, -0.25) is 0 Å². The van der Waals surface area contributed by atoms with Crippen molar-refractivity contribution in [2.45, 2.75) is 13.0 Å². The van der Waals surface area contributed by atoms with Gasteiger partial charge in [0.25, 0.3) is 0 Å². The molecular formula is C13H16ClNO2S3. The van der Waals surface area contributed by atoms with E-state index in [-0.39, 0.29) is 17.5 Å². The maximum absolute atomic E-state index is 11.6. The third kappa shape index (κ3) is 4.30. The van der Waals surface area contributed by atoms with Gasteiger partial charge in [-0.2, -0.15) is 0 Å². The van der Waals surface area contributed by atoms with Crippen molar-refractivity contribution in [2.24, 2.45) is 0 Å². The maximum atomic E-state index is 11.6. The summed E-state index contributed by atoms with van der Waals surface area (Å²) in [5.41, 5.74) is 0. The van der Waals surface area contributed by atoms with Gasteiger partial charge in [0.1, 0.15) is 0 Å². The molecule has 0 aliphatic carbocycles. The van der Waals surface area contributed by atoms with Gasteiger partial charge < -0.3 is 5.32 Å². The SMILES string of the molecule is CCS(=O)(=O)CCNC(c1cccs1)c1ccc(Cl)s1. The van der Waals surface area contributed by atoms with Crippen molar-refractivity contribution in [3.8, 4) is 0 Å². The topological polar surface area (TPSA) is 46.2 Å². The van der Waals surface area contributed by atoms with Crippen molar-refractivity contribution < 1.29 is 8.42 Å². The number of hydrogen-bond acceptors (Lipinski definition) is 5. The highest BCUT2D eigenvalue weighted by Crippen LogP contribution is 2.32. The van der Waals surface area contributed by atoms with E-state index in [9.17, 15) is 8.42 Å². The zero-order valence-electron chi connectivity index (χ0n) is 11.0. The third-order valence-corrected chi connectivity index (χ3v) is 6.85. The van der Waals surface area contributed by atoms with Crippen LogP contribution in [0.3, 0.4) is 0 Å². The van der Waals surface area contributed by atoms with Crippen LogP contribution in [0.5, 0.6) is 0 Å². The van der Waals surface area contributed by atoms with E-state index >= 15 is 0 Å². The summed E-state index contributed by atoms with van der Waals surface area (Å²) in [7, 11) is -2.94. The highest BCUT2D eigenvalue weighted by atomic mass is 35.5. The Kier molecular flexibility index (Phi) is 5.63. The number of halogens is 1. The van der Waals surface area contributed by atoms with Gasteiger partial charge >= 0.3 is 0 Å². The molecule has 0 radical (unpaired) electrons. The van der Waals surface area contributed by atoms with Crippen LogP contribution >= 0.6 is 34.3 Å². The van der Waals surface area contributed by atoms with Crippen molar-refractivity contribution in [1.82, 2.24) is 5.32 Å². The van der Waals surface area contributed by atoms with Gasteiger partial charge in [-0.05, 0) is 23.6 Å². The first-order chi connectivity index (χ1) is 9.52. The predicted molar refractivity (Wildman–Crippen MR) is 87.8 cm³/mol. The zero-order valence-corrected chi connectivity index (χ0v) is 14.2. The minimum atomic E-state index is -2.94. The Morgan fingerprint density at radius 1 is 1.30 bits per heavy atom. The molecule has 2 aromatic rings. The third-order valence-electron chi connectivity index (χ3n) is 2.91. The molecule has 0 saturated carbocycles. The molecule has 1 unspecified atom stereocenters. The molecule has 1 N–H and O–H groups in total. The molecule has 0 aliphatic heterocycles. The van der Waals surface area contributed by atoms with E-state index in [0.29, 0.717) is 6.54 Å². The summed E-state index contributed by atoms with van der Waals surface area (Å²) in [6.45, 7) is 2.11. The van der Waals surface area contributed by atoms with Crippen molar-refractivity contribution in [1.29, 1.82) is 0 Å². The minimum absolute atomic E-state index is 0.0135. The van der Waals surface area contributed by atoms with E-state index in [1.54, 1.807) is 18.3 Å². The number of sulfone groups is 1. The van der Waals surface area contributed by atoms with Gasteiger partial charge in [-0.1, -0.05) is 24.6 Å². The standard InChI is InChI=1S/C13H16ClNO2S3/c1-2-20(16,17)9-7-15-13(10-4-3-8-18-10)11-5-6-12(14)19-11/h3-6,8,13,15H,2,7,9H2,1H3. The van der Waals surface area contributed by atoms with E-state index in [2.05, 4.69) is 5.32 Å². The van der Waals surface area contributed by atoms with Gasteiger partial charge in [-0.15, -0.1) is 22.7 Å². The average Bonchev–Trinajstić information content (AvgIpc) is 3.06. The number of hydrogen-bond donors (Lipinski definition) is 1. The first kappa shape index (κ1) is 16.0. The molecule has 3 nitrogen and oxygen atoms in total. The Labute approximate surface area is 132 Å². The molecular weight excluding hydrogens is 334 g/mol. The van der Waals surface area contributed by atoms with Crippen LogP contribution in [0.25, 0.3) is 0 Å². The molecule has 2 heterocycles. The van der Waals surface area contributed by atoms with Crippen LogP contribution in [0.15, 0.2) is 29.6 Å². The van der Waals surface area contributed by atoms with Crippen LogP contribution in [-0.2, 0) is 9.84 Å². The summed E-state index contributed by atoms with van der Waals surface area (Å²) in [6, 6.07) is 7.90. The van der Waals surface area contributed by atoms with Crippen LogP contribution in [0.1, 0.15) is 22.7 Å². The predicted octanol–water partition coefficient (Wildman–Crippen LogP) is 3.58. The molecule has 2 aromatic heterocycles. The van der Waals surface area contributed by atoms with E-state index < -0.39 is 9.84 Å². The normalized spacial score (nSPS) is 13.5. The molecule has 1 atom stereocenters. The van der Waals surface area contributed by atoms with Crippen molar-refractivity contribution in [3.63, 3.8) is 0 Å². The first-order valence-electron chi connectivity index (χ1n) is 6.24. The lowest BCUT2D eigenvalue weighted by Gasteiger charge is -2.16. The Balaban J connectivity index is 2.09. The van der Waals surface area contributed by atoms with Crippen molar-refractivity contribution >= 4 is 44.1 Å². The number of nitrogens with one attached hydrogen (secondary N) is 1. The minimum Gasteiger partial charge on any atom is -0.304 e. The summed E-state index contributed by atoms with van der Waals surface area (Å²) in [5, 5.41) is 5.34. The lowest BCUT2D eigenvalue weighted by Crippen LogP contribution is -2.27. The summed E-state index contributed by atoms with van der Waals surface area (Å²) in [4.78, 5) is 2.27. The molecule has 0 saturated heterocycles. The van der Waals surface area contributed by atoms with Crippen LogP contribution in [0, 0.1) is 0 Å². The second-order valence-electron chi connectivity index (χ2n) is 4.28. The molecule has 0 aliphatic rings. The largest absolute Gasteiger partial charge is 0.304 e. The van der Waals surface area contributed by atoms with Crippen LogP contribution < -0.4 is 5.32 Å². The monoisotopic (exact) mass is 349 g/mol. The summed E-state index contributed by atoms with van der Waals surface area (Å²) >= 11 is 9.16. The van der Waals surface area contributed by atoms with Gasteiger partial charge in [0.05, 0.1) is 16.1 Å². The molecule has 0 amide bonds. The second kappa shape index (κ2) is 7.04. The van der Waals surface area contributed by atoms with Crippen molar-refractivity contribution in [3.05, 3.63) is 43.7 Å². The smallest absolute Gasteiger partial charge is 0.151 e. The molecule has 20 heavy (non-hydrogen) atoms. The lowest BCUT2D eigenvalue weighted by atomic mass is 10.2. The number of thiophene rings is 2. The Bertz CT molecular complexity index is 634. The zero-order chi connectivity index (χ0) is 14.6. The fourth-order valence-electron chi connectivity index (χ4n) is 1.78. The molecule has 0 fully saturated rings. The van der Waals surface area contributed by atoms with Crippen LogP contribution in [0.4, 0.5) is 0 Å². The van der Waals surface area contributed by atoms with Gasteiger partial charge in [0.2, 0.25) is 0 Å². The maximum Gasteiger partial charge on any atom is 0.151 e. The fraction of sp³-hybridized carbons (Fsp3) is 0.385.